The monoisotopic (exact) mass is 262 g/mol. The first kappa shape index (κ1) is 13.9. The van der Waals surface area contributed by atoms with E-state index in [0.29, 0.717) is 5.56 Å². The first-order chi connectivity index (χ1) is 9.13. The van der Waals surface area contributed by atoms with Crippen LogP contribution < -0.4 is 10.6 Å². The molecule has 0 amide bonds. The molecular formula is C15H22N2O2. The van der Waals surface area contributed by atoms with Crippen LogP contribution in [0.1, 0.15) is 43.4 Å². The highest BCUT2D eigenvalue weighted by molar-refractivity contribution is 5.75. The number of aliphatic carboxylic acids is 1. The van der Waals surface area contributed by atoms with Crippen LogP contribution in [0.25, 0.3) is 0 Å². The molecule has 1 aliphatic rings. The second kappa shape index (κ2) is 6.06. The van der Waals surface area contributed by atoms with Crippen LogP contribution in [0.5, 0.6) is 0 Å². The van der Waals surface area contributed by atoms with E-state index in [2.05, 4.69) is 11.8 Å². The maximum absolute atomic E-state index is 11.0. The summed E-state index contributed by atoms with van der Waals surface area (Å²) in [5, 5.41) is 8.98. The van der Waals surface area contributed by atoms with Crippen LogP contribution in [0.4, 0.5) is 5.69 Å². The average Bonchev–Trinajstić information content (AvgIpc) is 2.46. The summed E-state index contributed by atoms with van der Waals surface area (Å²) >= 11 is 0. The van der Waals surface area contributed by atoms with Crippen molar-refractivity contribution in [3.05, 3.63) is 29.3 Å². The Bertz CT molecular complexity index is 453. The fourth-order valence-electron chi connectivity index (χ4n) is 2.67. The molecule has 1 atom stereocenters. The highest BCUT2D eigenvalue weighted by Gasteiger charge is 2.18. The van der Waals surface area contributed by atoms with Gasteiger partial charge in [-0.1, -0.05) is 19.1 Å². The van der Waals surface area contributed by atoms with E-state index >= 15 is 0 Å². The summed E-state index contributed by atoms with van der Waals surface area (Å²) in [6.45, 7) is 4.29. The minimum absolute atomic E-state index is 0.685. The third-order valence-electron chi connectivity index (χ3n) is 3.81. The summed E-state index contributed by atoms with van der Waals surface area (Å²) in [6, 6.07) is 4.90. The third kappa shape index (κ3) is 3.07. The van der Waals surface area contributed by atoms with E-state index in [-0.39, 0.29) is 0 Å². The number of rotatable bonds is 4. The van der Waals surface area contributed by atoms with E-state index in [1.54, 1.807) is 0 Å². The van der Waals surface area contributed by atoms with Crippen molar-refractivity contribution in [2.75, 3.05) is 18.0 Å². The maximum atomic E-state index is 11.0. The van der Waals surface area contributed by atoms with Crippen molar-refractivity contribution in [2.45, 2.75) is 38.6 Å². The normalized spacial score (nSPS) is 17.3. The molecule has 1 saturated heterocycles. The van der Waals surface area contributed by atoms with Crippen LogP contribution in [0, 0.1) is 0 Å². The number of piperidine rings is 1. The Balaban J connectivity index is 2.27. The molecule has 0 spiro atoms. The van der Waals surface area contributed by atoms with Crippen LogP contribution in [-0.2, 0) is 11.2 Å². The van der Waals surface area contributed by atoms with Crippen LogP contribution in [0.2, 0.25) is 0 Å². The van der Waals surface area contributed by atoms with Gasteiger partial charge in [-0.25, -0.2) is 0 Å². The summed E-state index contributed by atoms with van der Waals surface area (Å²) in [4.78, 5) is 13.4. The van der Waals surface area contributed by atoms with Crippen molar-refractivity contribution in [2.24, 2.45) is 5.73 Å². The van der Waals surface area contributed by atoms with E-state index in [4.69, 9.17) is 10.8 Å². The van der Waals surface area contributed by atoms with Crippen molar-refractivity contribution in [1.29, 1.82) is 0 Å². The summed E-state index contributed by atoms with van der Waals surface area (Å²) in [5.41, 5.74) is 8.79. The Morgan fingerprint density at radius 3 is 2.63 bits per heavy atom. The largest absolute Gasteiger partial charge is 0.480 e. The lowest BCUT2D eigenvalue weighted by Gasteiger charge is -2.31. The van der Waals surface area contributed by atoms with Crippen molar-refractivity contribution in [3.8, 4) is 0 Å². The average molecular weight is 262 g/mol. The molecule has 0 aliphatic carbocycles. The molecule has 0 saturated carbocycles. The number of hydrogen-bond acceptors (Lipinski definition) is 3. The number of nitrogens with two attached hydrogens (primary N) is 1. The van der Waals surface area contributed by atoms with Gasteiger partial charge in [0.15, 0.2) is 0 Å². The molecule has 0 bridgehead atoms. The quantitative estimate of drug-likeness (QED) is 0.874. The number of nitrogens with zero attached hydrogens (tertiary/aromatic N) is 1. The number of carbonyl (C=O) groups is 1. The predicted octanol–water partition coefficient (Wildman–Crippen LogP) is 2.32. The van der Waals surface area contributed by atoms with Crippen LogP contribution in [0.15, 0.2) is 18.2 Å². The predicted molar refractivity (Wildman–Crippen MR) is 76.4 cm³/mol. The van der Waals surface area contributed by atoms with Gasteiger partial charge in [0.05, 0.1) is 0 Å². The van der Waals surface area contributed by atoms with Gasteiger partial charge in [-0.15, -0.1) is 0 Å². The molecule has 4 heteroatoms. The molecule has 0 unspecified atom stereocenters. The second-order valence-corrected chi connectivity index (χ2v) is 5.11. The molecule has 2 rings (SSSR count). The van der Waals surface area contributed by atoms with Gasteiger partial charge < -0.3 is 15.7 Å². The van der Waals surface area contributed by atoms with Gasteiger partial charge in [0, 0.05) is 18.8 Å². The lowest BCUT2D eigenvalue weighted by molar-refractivity contribution is -0.138. The summed E-state index contributed by atoms with van der Waals surface area (Å²) in [6.07, 6.45) is 4.67. The number of hydrogen-bond donors (Lipinski definition) is 2. The molecule has 1 heterocycles. The van der Waals surface area contributed by atoms with E-state index in [1.807, 2.05) is 18.2 Å². The van der Waals surface area contributed by atoms with Gasteiger partial charge in [-0.3, -0.25) is 4.79 Å². The Kier molecular flexibility index (Phi) is 4.43. The van der Waals surface area contributed by atoms with E-state index in [9.17, 15) is 4.79 Å². The molecule has 0 radical (unpaired) electrons. The van der Waals surface area contributed by atoms with Gasteiger partial charge in [-0.2, -0.15) is 0 Å². The molecule has 3 N–H and O–H groups in total. The first-order valence-corrected chi connectivity index (χ1v) is 6.99. The molecule has 4 nitrogen and oxygen atoms in total. The van der Waals surface area contributed by atoms with Crippen LogP contribution >= 0.6 is 0 Å². The first-order valence-electron chi connectivity index (χ1n) is 6.99. The van der Waals surface area contributed by atoms with Gasteiger partial charge in [0.1, 0.15) is 6.04 Å². The van der Waals surface area contributed by atoms with Gasteiger partial charge in [-0.05, 0) is 42.9 Å². The molecule has 1 aromatic carbocycles. The third-order valence-corrected chi connectivity index (χ3v) is 3.81. The Hall–Kier alpha value is -1.55. The van der Waals surface area contributed by atoms with Crippen molar-refractivity contribution >= 4 is 11.7 Å². The lowest BCUT2D eigenvalue weighted by atomic mass is 9.99. The fourth-order valence-corrected chi connectivity index (χ4v) is 2.67. The molecule has 1 aliphatic heterocycles. The summed E-state index contributed by atoms with van der Waals surface area (Å²) in [5.74, 6) is -0.979. The molecular weight excluding hydrogens is 240 g/mol. The van der Waals surface area contributed by atoms with Crippen molar-refractivity contribution < 1.29 is 9.90 Å². The Labute approximate surface area is 114 Å². The van der Waals surface area contributed by atoms with Crippen LogP contribution in [-0.4, -0.2) is 24.2 Å². The van der Waals surface area contributed by atoms with E-state index in [1.165, 1.54) is 30.5 Å². The van der Waals surface area contributed by atoms with Crippen LogP contribution in [0.3, 0.4) is 0 Å². The zero-order valence-electron chi connectivity index (χ0n) is 11.4. The minimum atomic E-state index is -0.979. The zero-order valence-corrected chi connectivity index (χ0v) is 11.4. The minimum Gasteiger partial charge on any atom is -0.480 e. The van der Waals surface area contributed by atoms with Gasteiger partial charge >= 0.3 is 5.97 Å². The molecule has 19 heavy (non-hydrogen) atoms. The van der Waals surface area contributed by atoms with E-state index in [0.717, 1.165) is 19.5 Å². The van der Waals surface area contributed by atoms with Gasteiger partial charge in [0.2, 0.25) is 0 Å². The lowest BCUT2D eigenvalue weighted by Crippen LogP contribution is -2.30. The topological polar surface area (TPSA) is 66.6 Å². The Morgan fingerprint density at radius 2 is 2.05 bits per heavy atom. The number of carboxylic acid groups (broad SMARTS) is 1. The smallest absolute Gasteiger partial charge is 0.325 e. The summed E-state index contributed by atoms with van der Waals surface area (Å²) in [7, 11) is 0. The standard InChI is InChI=1S/C15H22N2O2/c1-2-11-10-12(14(16)15(18)19)6-7-13(11)17-8-4-3-5-9-17/h6-7,10,14H,2-5,8-9,16H2,1H3,(H,18,19)/t14-/m0/s1. The molecule has 1 aromatic rings. The second-order valence-electron chi connectivity index (χ2n) is 5.11. The van der Waals surface area contributed by atoms with Gasteiger partial charge in [0.25, 0.3) is 0 Å². The molecule has 1 fully saturated rings. The molecule has 104 valence electrons. The number of anilines is 1. The zero-order chi connectivity index (χ0) is 13.8. The van der Waals surface area contributed by atoms with E-state index < -0.39 is 12.0 Å². The number of carboxylic acids is 1. The van der Waals surface area contributed by atoms with Crippen molar-refractivity contribution in [3.63, 3.8) is 0 Å². The fraction of sp³-hybridized carbons (Fsp3) is 0.533. The molecule has 0 aromatic heterocycles. The summed E-state index contributed by atoms with van der Waals surface area (Å²) < 4.78 is 0. The van der Waals surface area contributed by atoms with Crippen molar-refractivity contribution in [1.82, 2.24) is 0 Å². The highest BCUT2D eigenvalue weighted by Crippen LogP contribution is 2.27. The number of aryl methyl sites for hydroxylation is 1. The number of benzene rings is 1. The Morgan fingerprint density at radius 1 is 1.37 bits per heavy atom. The highest BCUT2D eigenvalue weighted by atomic mass is 16.4. The SMILES string of the molecule is CCc1cc([C@H](N)C(=O)O)ccc1N1CCCCC1. The maximum Gasteiger partial charge on any atom is 0.325 e.